The summed E-state index contributed by atoms with van der Waals surface area (Å²) in [6.07, 6.45) is 0.641. The lowest BCUT2D eigenvalue weighted by molar-refractivity contribution is -0.165. The first-order valence-electron chi connectivity index (χ1n) is 4.12. The largest absolute Gasteiger partial charge is 0.479 e. The Morgan fingerprint density at radius 1 is 1.67 bits per heavy atom. The van der Waals surface area contributed by atoms with E-state index in [0.29, 0.717) is 19.4 Å². The molecule has 2 unspecified atom stereocenters. The normalized spacial score (nSPS) is 38.1. The average Bonchev–Trinajstić information content (AvgIpc) is 1.97. The summed E-state index contributed by atoms with van der Waals surface area (Å²) >= 11 is 0. The number of carboxylic acids is 1. The number of carboxylic acid groups (broad SMARTS) is 1. The molecule has 1 aliphatic rings. The van der Waals surface area contributed by atoms with E-state index < -0.39 is 11.6 Å². The van der Waals surface area contributed by atoms with Gasteiger partial charge >= 0.3 is 5.97 Å². The van der Waals surface area contributed by atoms with Crippen LogP contribution >= 0.6 is 0 Å². The van der Waals surface area contributed by atoms with Crippen molar-refractivity contribution in [2.45, 2.75) is 31.4 Å². The van der Waals surface area contributed by atoms with Gasteiger partial charge in [-0.1, -0.05) is 0 Å². The topological polar surface area (TPSA) is 60.8 Å². The highest BCUT2D eigenvalue weighted by atomic mass is 16.4. The molecule has 70 valence electrons. The molecule has 2 N–H and O–H groups in total. The summed E-state index contributed by atoms with van der Waals surface area (Å²) in [5.74, 6) is -1.09. The van der Waals surface area contributed by atoms with Gasteiger partial charge in [-0.15, -0.1) is 0 Å². The number of nitrogens with zero attached hydrogens (tertiary/aromatic N) is 1. The van der Waals surface area contributed by atoms with Crippen LogP contribution in [0.1, 0.15) is 19.8 Å². The minimum absolute atomic E-state index is 0.139. The number of likely N-dealkylation sites (tertiary alicyclic amines) is 1. The molecule has 1 saturated heterocycles. The molecule has 0 aliphatic carbocycles. The van der Waals surface area contributed by atoms with Crippen molar-refractivity contribution < 1.29 is 15.0 Å². The van der Waals surface area contributed by atoms with E-state index in [4.69, 9.17) is 5.11 Å². The number of aliphatic hydroxyl groups is 1. The molecule has 4 nitrogen and oxygen atoms in total. The Kier molecular flexibility index (Phi) is 2.39. The van der Waals surface area contributed by atoms with Crippen LogP contribution in [-0.2, 0) is 4.79 Å². The number of piperidine rings is 1. The van der Waals surface area contributed by atoms with Crippen LogP contribution in [0, 0.1) is 0 Å². The van der Waals surface area contributed by atoms with E-state index in [9.17, 15) is 9.90 Å². The first-order valence-corrected chi connectivity index (χ1v) is 4.12. The van der Waals surface area contributed by atoms with Gasteiger partial charge in [-0.3, -0.25) is 0 Å². The summed E-state index contributed by atoms with van der Waals surface area (Å²) in [6, 6.07) is 0.139. The minimum Gasteiger partial charge on any atom is -0.479 e. The third-order valence-corrected chi connectivity index (χ3v) is 2.66. The lowest BCUT2D eigenvalue weighted by atomic mass is 9.87. The highest BCUT2D eigenvalue weighted by Gasteiger charge is 2.41. The molecule has 0 bridgehead atoms. The Labute approximate surface area is 71.8 Å². The molecule has 1 fully saturated rings. The Balaban J connectivity index is 2.66. The van der Waals surface area contributed by atoms with Crippen LogP contribution in [0.15, 0.2) is 0 Å². The fraction of sp³-hybridized carbons (Fsp3) is 0.875. The summed E-state index contributed by atoms with van der Waals surface area (Å²) in [4.78, 5) is 12.7. The molecular weight excluding hydrogens is 158 g/mol. The summed E-state index contributed by atoms with van der Waals surface area (Å²) < 4.78 is 0. The zero-order valence-electron chi connectivity index (χ0n) is 7.45. The molecule has 12 heavy (non-hydrogen) atoms. The molecule has 1 heterocycles. The number of aliphatic carboxylic acids is 1. The molecule has 0 radical (unpaired) electrons. The van der Waals surface area contributed by atoms with Crippen molar-refractivity contribution in [3.8, 4) is 0 Å². The zero-order valence-corrected chi connectivity index (χ0v) is 7.45. The summed E-state index contributed by atoms with van der Waals surface area (Å²) in [7, 11) is 1.94. The van der Waals surface area contributed by atoms with Crippen LogP contribution in [0.3, 0.4) is 0 Å². The van der Waals surface area contributed by atoms with Crippen LogP contribution in [0.5, 0.6) is 0 Å². The highest BCUT2D eigenvalue weighted by Crippen LogP contribution is 2.25. The monoisotopic (exact) mass is 173 g/mol. The third-order valence-electron chi connectivity index (χ3n) is 2.66. The van der Waals surface area contributed by atoms with Gasteiger partial charge in [-0.25, -0.2) is 4.79 Å². The molecule has 4 heteroatoms. The van der Waals surface area contributed by atoms with Crippen LogP contribution in [-0.4, -0.2) is 46.3 Å². The second kappa shape index (κ2) is 3.03. The first kappa shape index (κ1) is 9.48. The van der Waals surface area contributed by atoms with E-state index in [1.165, 1.54) is 0 Å². The predicted molar refractivity (Wildman–Crippen MR) is 43.9 cm³/mol. The van der Waals surface area contributed by atoms with Gasteiger partial charge in [0, 0.05) is 19.0 Å². The van der Waals surface area contributed by atoms with Crippen LogP contribution in [0.25, 0.3) is 0 Å². The number of hydrogen-bond donors (Lipinski definition) is 2. The molecule has 0 amide bonds. The molecule has 0 aromatic heterocycles. The van der Waals surface area contributed by atoms with Crippen molar-refractivity contribution in [2.24, 2.45) is 0 Å². The quantitative estimate of drug-likeness (QED) is 0.582. The van der Waals surface area contributed by atoms with Crippen molar-refractivity contribution in [1.82, 2.24) is 4.90 Å². The van der Waals surface area contributed by atoms with Crippen molar-refractivity contribution in [3.05, 3.63) is 0 Å². The summed E-state index contributed by atoms with van der Waals surface area (Å²) in [5, 5.41) is 18.3. The molecule has 2 atom stereocenters. The SMILES string of the molecule is CC1CC(O)(C(=O)O)CCN1C. The lowest BCUT2D eigenvalue weighted by Crippen LogP contribution is -2.51. The Hall–Kier alpha value is -0.610. The van der Waals surface area contributed by atoms with E-state index in [1.54, 1.807) is 0 Å². The molecule has 1 aliphatic heterocycles. The molecule has 0 spiro atoms. The van der Waals surface area contributed by atoms with Gasteiger partial charge in [0.15, 0.2) is 5.60 Å². The number of hydrogen-bond acceptors (Lipinski definition) is 3. The van der Waals surface area contributed by atoms with Gasteiger partial charge < -0.3 is 15.1 Å². The van der Waals surface area contributed by atoms with E-state index in [0.717, 1.165) is 0 Å². The first-order chi connectivity index (χ1) is 5.46. The van der Waals surface area contributed by atoms with E-state index in [1.807, 2.05) is 14.0 Å². The number of rotatable bonds is 1. The second-order valence-electron chi connectivity index (χ2n) is 3.62. The van der Waals surface area contributed by atoms with E-state index in [-0.39, 0.29) is 6.04 Å². The smallest absolute Gasteiger partial charge is 0.335 e. The predicted octanol–water partition coefficient (Wildman–Crippen LogP) is -0.0838. The van der Waals surface area contributed by atoms with Gasteiger partial charge in [0.05, 0.1) is 0 Å². The third kappa shape index (κ3) is 1.59. The fourth-order valence-corrected chi connectivity index (χ4v) is 1.52. The van der Waals surface area contributed by atoms with Gasteiger partial charge in [0.25, 0.3) is 0 Å². The van der Waals surface area contributed by atoms with Crippen molar-refractivity contribution in [2.75, 3.05) is 13.6 Å². The molecular formula is C8H15NO3. The minimum atomic E-state index is -1.49. The lowest BCUT2D eigenvalue weighted by Gasteiger charge is -2.38. The standard InChI is InChI=1S/C8H15NO3/c1-6-5-8(12,7(10)11)3-4-9(6)2/h6,12H,3-5H2,1-2H3,(H,10,11). The second-order valence-corrected chi connectivity index (χ2v) is 3.62. The van der Waals surface area contributed by atoms with Crippen molar-refractivity contribution >= 4 is 5.97 Å². The van der Waals surface area contributed by atoms with Crippen LogP contribution in [0.2, 0.25) is 0 Å². The molecule has 0 saturated carbocycles. The maximum atomic E-state index is 10.7. The van der Waals surface area contributed by atoms with Gasteiger partial charge in [0.1, 0.15) is 0 Å². The molecule has 0 aromatic rings. The van der Waals surface area contributed by atoms with Gasteiger partial charge in [-0.2, -0.15) is 0 Å². The van der Waals surface area contributed by atoms with E-state index in [2.05, 4.69) is 4.90 Å². The Morgan fingerprint density at radius 3 is 2.67 bits per heavy atom. The van der Waals surface area contributed by atoms with Crippen molar-refractivity contribution in [1.29, 1.82) is 0 Å². The Morgan fingerprint density at radius 2 is 2.25 bits per heavy atom. The Bertz CT molecular complexity index is 195. The summed E-state index contributed by atoms with van der Waals surface area (Å²) in [6.45, 7) is 2.57. The van der Waals surface area contributed by atoms with Crippen LogP contribution in [0.4, 0.5) is 0 Å². The van der Waals surface area contributed by atoms with Gasteiger partial charge in [-0.05, 0) is 20.4 Å². The highest BCUT2D eigenvalue weighted by molar-refractivity contribution is 5.77. The van der Waals surface area contributed by atoms with E-state index >= 15 is 0 Å². The average molecular weight is 173 g/mol. The van der Waals surface area contributed by atoms with Crippen LogP contribution < -0.4 is 0 Å². The maximum Gasteiger partial charge on any atom is 0.335 e. The zero-order chi connectivity index (χ0) is 9.35. The van der Waals surface area contributed by atoms with Crippen molar-refractivity contribution in [3.63, 3.8) is 0 Å². The van der Waals surface area contributed by atoms with Gasteiger partial charge in [0.2, 0.25) is 0 Å². The fourth-order valence-electron chi connectivity index (χ4n) is 1.52. The summed E-state index contributed by atoms with van der Waals surface area (Å²) in [5.41, 5.74) is -1.49. The molecule has 1 rings (SSSR count). The number of carbonyl (C=O) groups is 1. The maximum absolute atomic E-state index is 10.7. The molecule has 0 aromatic carbocycles.